The van der Waals surface area contributed by atoms with Crippen LogP contribution in [0.15, 0.2) is 36.7 Å². The van der Waals surface area contributed by atoms with Gasteiger partial charge in [-0.1, -0.05) is 6.07 Å². The van der Waals surface area contributed by atoms with E-state index in [0.717, 1.165) is 29.8 Å². The van der Waals surface area contributed by atoms with Crippen molar-refractivity contribution in [2.45, 2.75) is 13.3 Å². The van der Waals surface area contributed by atoms with Gasteiger partial charge in [0.15, 0.2) is 0 Å². The molecule has 0 saturated carbocycles. The van der Waals surface area contributed by atoms with E-state index in [1.54, 1.807) is 18.5 Å². The molecular formula is C14H16FN3. The molecule has 0 aliphatic carbocycles. The summed E-state index contributed by atoms with van der Waals surface area (Å²) in [6.07, 6.45) is 4.14. The molecule has 0 aliphatic rings. The van der Waals surface area contributed by atoms with E-state index in [1.165, 1.54) is 6.07 Å². The van der Waals surface area contributed by atoms with Gasteiger partial charge in [0.05, 0.1) is 17.6 Å². The number of benzene rings is 1. The molecule has 94 valence electrons. The molecule has 4 heteroatoms. The monoisotopic (exact) mass is 245 g/mol. The minimum atomic E-state index is -0.192. The molecule has 0 bridgehead atoms. The van der Waals surface area contributed by atoms with Gasteiger partial charge in [-0.2, -0.15) is 0 Å². The fourth-order valence-corrected chi connectivity index (χ4v) is 1.84. The third-order valence-corrected chi connectivity index (χ3v) is 2.87. The largest absolute Gasteiger partial charge is 0.396 e. The van der Waals surface area contributed by atoms with Crippen molar-refractivity contribution in [3.05, 3.63) is 53.6 Å². The van der Waals surface area contributed by atoms with Crippen molar-refractivity contribution < 1.29 is 4.39 Å². The van der Waals surface area contributed by atoms with Gasteiger partial charge in [-0.25, -0.2) is 4.39 Å². The summed E-state index contributed by atoms with van der Waals surface area (Å²) in [6.45, 7) is 2.67. The topological polar surface area (TPSA) is 50.9 Å². The van der Waals surface area contributed by atoms with Gasteiger partial charge >= 0.3 is 0 Å². The van der Waals surface area contributed by atoms with Crippen molar-refractivity contribution in [3.8, 4) is 0 Å². The van der Waals surface area contributed by atoms with Crippen LogP contribution in [-0.2, 0) is 6.42 Å². The number of nitrogens with two attached hydrogens (primary N) is 1. The molecule has 3 N–H and O–H groups in total. The molecule has 0 radical (unpaired) electrons. The van der Waals surface area contributed by atoms with Crippen LogP contribution in [0, 0.1) is 12.7 Å². The highest BCUT2D eigenvalue weighted by Crippen LogP contribution is 2.16. The Balaban J connectivity index is 1.95. The molecule has 1 aromatic carbocycles. The van der Waals surface area contributed by atoms with Gasteiger partial charge in [0, 0.05) is 12.7 Å². The zero-order chi connectivity index (χ0) is 13.0. The van der Waals surface area contributed by atoms with Crippen molar-refractivity contribution in [3.63, 3.8) is 0 Å². The van der Waals surface area contributed by atoms with Crippen molar-refractivity contribution in [2.24, 2.45) is 0 Å². The van der Waals surface area contributed by atoms with Gasteiger partial charge in [0.25, 0.3) is 0 Å². The zero-order valence-electron chi connectivity index (χ0n) is 10.3. The number of anilines is 2. The number of rotatable bonds is 4. The van der Waals surface area contributed by atoms with Gasteiger partial charge in [0.2, 0.25) is 0 Å². The maximum atomic E-state index is 12.9. The predicted molar refractivity (Wildman–Crippen MR) is 72.0 cm³/mol. The van der Waals surface area contributed by atoms with Crippen LogP contribution in [-0.4, -0.2) is 11.5 Å². The Labute approximate surface area is 106 Å². The number of hydrogen-bond acceptors (Lipinski definition) is 3. The third kappa shape index (κ3) is 2.97. The predicted octanol–water partition coefficient (Wildman–Crippen LogP) is 2.77. The molecule has 0 amide bonds. The van der Waals surface area contributed by atoms with E-state index >= 15 is 0 Å². The van der Waals surface area contributed by atoms with E-state index in [4.69, 9.17) is 5.73 Å². The average molecular weight is 245 g/mol. The zero-order valence-corrected chi connectivity index (χ0v) is 10.3. The number of aromatic nitrogens is 1. The molecule has 0 unspecified atom stereocenters. The van der Waals surface area contributed by atoms with Gasteiger partial charge in [0.1, 0.15) is 5.82 Å². The van der Waals surface area contributed by atoms with Crippen LogP contribution in [0.25, 0.3) is 0 Å². The molecule has 0 aliphatic heterocycles. The van der Waals surface area contributed by atoms with Crippen molar-refractivity contribution in [2.75, 3.05) is 17.6 Å². The second-order valence-electron chi connectivity index (χ2n) is 4.21. The Morgan fingerprint density at radius 3 is 2.89 bits per heavy atom. The lowest BCUT2D eigenvalue weighted by Gasteiger charge is -2.10. The molecule has 0 saturated heterocycles. The molecule has 0 fully saturated rings. The first-order valence-electron chi connectivity index (χ1n) is 5.85. The highest BCUT2D eigenvalue weighted by Gasteiger charge is 2.01. The molecule has 1 heterocycles. The number of nitrogens with zero attached hydrogens (tertiary/aromatic N) is 1. The standard InChI is InChI=1S/C14H16FN3/c1-10-8-12(15)3-2-11(10)4-7-18-14-5-6-17-9-13(14)16/h2-3,5-6,8-9H,4,7,16H2,1H3,(H,17,18). The molecule has 2 aromatic rings. The maximum Gasteiger partial charge on any atom is 0.123 e. The van der Waals surface area contributed by atoms with E-state index in [0.29, 0.717) is 5.69 Å². The first kappa shape index (κ1) is 12.4. The quantitative estimate of drug-likeness (QED) is 0.870. The van der Waals surface area contributed by atoms with Crippen molar-refractivity contribution in [1.82, 2.24) is 4.98 Å². The summed E-state index contributed by atoms with van der Waals surface area (Å²) < 4.78 is 12.9. The highest BCUT2D eigenvalue weighted by molar-refractivity contribution is 5.64. The van der Waals surface area contributed by atoms with Gasteiger partial charge < -0.3 is 11.1 Å². The first-order chi connectivity index (χ1) is 8.66. The van der Waals surface area contributed by atoms with Gasteiger partial charge in [-0.05, 0) is 42.7 Å². The van der Waals surface area contributed by atoms with Crippen LogP contribution in [0.2, 0.25) is 0 Å². The maximum absolute atomic E-state index is 12.9. The number of aryl methyl sites for hydroxylation is 1. The minimum Gasteiger partial charge on any atom is -0.396 e. The van der Waals surface area contributed by atoms with Gasteiger partial charge in [-0.15, -0.1) is 0 Å². The van der Waals surface area contributed by atoms with E-state index < -0.39 is 0 Å². The lowest BCUT2D eigenvalue weighted by atomic mass is 10.1. The Bertz CT molecular complexity index is 540. The number of nitrogen functional groups attached to an aromatic ring is 1. The smallest absolute Gasteiger partial charge is 0.123 e. The van der Waals surface area contributed by atoms with E-state index in [9.17, 15) is 4.39 Å². The number of hydrogen-bond donors (Lipinski definition) is 2. The minimum absolute atomic E-state index is 0.192. The summed E-state index contributed by atoms with van der Waals surface area (Å²) in [7, 11) is 0. The highest BCUT2D eigenvalue weighted by atomic mass is 19.1. The molecule has 0 spiro atoms. The molecule has 1 aromatic heterocycles. The van der Waals surface area contributed by atoms with Crippen molar-refractivity contribution >= 4 is 11.4 Å². The number of pyridine rings is 1. The summed E-state index contributed by atoms with van der Waals surface area (Å²) >= 11 is 0. The first-order valence-corrected chi connectivity index (χ1v) is 5.85. The normalized spacial score (nSPS) is 10.3. The van der Waals surface area contributed by atoms with Crippen LogP contribution in [0.3, 0.4) is 0 Å². The summed E-state index contributed by atoms with van der Waals surface area (Å²) in [5, 5.41) is 3.24. The lowest BCUT2D eigenvalue weighted by molar-refractivity contribution is 0.625. The summed E-state index contributed by atoms with van der Waals surface area (Å²) in [4.78, 5) is 3.93. The van der Waals surface area contributed by atoms with E-state index in [1.807, 2.05) is 19.1 Å². The molecule has 3 nitrogen and oxygen atoms in total. The van der Waals surface area contributed by atoms with Crippen LogP contribution in [0.5, 0.6) is 0 Å². The fourth-order valence-electron chi connectivity index (χ4n) is 1.84. The third-order valence-electron chi connectivity index (χ3n) is 2.87. The molecule has 2 rings (SSSR count). The molecule has 0 atom stereocenters. The van der Waals surface area contributed by atoms with Crippen LogP contribution < -0.4 is 11.1 Å². The Hall–Kier alpha value is -2.10. The van der Waals surface area contributed by atoms with Crippen molar-refractivity contribution in [1.29, 1.82) is 0 Å². The van der Waals surface area contributed by atoms with Crippen LogP contribution in [0.1, 0.15) is 11.1 Å². The molecule has 18 heavy (non-hydrogen) atoms. The second-order valence-corrected chi connectivity index (χ2v) is 4.21. The summed E-state index contributed by atoms with van der Waals surface area (Å²) in [5.41, 5.74) is 9.39. The fraction of sp³-hybridized carbons (Fsp3) is 0.214. The van der Waals surface area contributed by atoms with Gasteiger partial charge in [-0.3, -0.25) is 4.98 Å². The van der Waals surface area contributed by atoms with E-state index in [-0.39, 0.29) is 5.82 Å². The van der Waals surface area contributed by atoms with E-state index in [2.05, 4.69) is 10.3 Å². The Morgan fingerprint density at radius 1 is 1.33 bits per heavy atom. The summed E-state index contributed by atoms with van der Waals surface area (Å²) in [6, 6.07) is 6.70. The summed E-state index contributed by atoms with van der Waals surface area (Å²) in [5.74, 6) is -0.192. The molecular weight excluding hydrogens is 229 g/mol. The lowest BCUT2D eigenvalue weighted by Crippen LogP contribution is -2.07. The number of nitrogens with one attached hydrogen (secondary N) is 1. The number of halogens is 1. The second kappa shape index (κ2) is 5.49. The Morgan fingerprint density at radius 2 is 2.17 bits per heavy atom. The SMILES string of the molecule is Cc1cc(F)ccc1CCNc1ccncc1N. The van der Waals surface area contributed by atoms with Crippen LogP contribution >= 0.6 is 0 Å². The van der Waals surface area contributed by atoms with Crippen LogP contribution in [0.4, 0.5) is 15.8 Å². The Kier molecular flexibility index (Phi) is 3.77. The average Bonchev–Trinajstić information content (AvgIpc) is 2.34.